The summed E-state index contributed by atoms with van der Waals surface area (Å²) >= 11 is 0. The lowest BCUT2D eigenvalue weighted by Gasteiger charge is -2.18. The predicted octanol–water partition coefficient (Wildman–Crippen LogP) is 3.04. The molecule has 9 nitrogen and oxygen atoms in total. The van der Waals surface area contributed by atoms with E-state index in [-0.39, 0.29) is 11.4 Å². The van der Waals surface area contributed by atoms with Crippen molar-refractivity contribution in [1.82, 2.24) is 29.0 Å². The first-order valence-corrected chi connectivity index (χ1v) is 10.7. The maximum Gasteiger partial charge on any atom is 0.179 e. The summed E-state index contributed by atoms with van der Waals surface area (Å²) in [5.41, 5.74) is 10.1. The van der Waals surface area contributed by atoms with Crippen LogP contribution in [0.4, 0.5) is 5.82 Å². The highest BCUT2D eigenvalue weighted by Gasteiger charge is 2.25. The molecule has 32 heavy (non-hydrogen) atoms. The van der Waals surface area contributed by atoms with Crippen LogP contribution in [0.15, 0.2) is 24.3 Å². The van der Waals surface area contributed by atoms with Gasteiger partial charge in [-0.3, -0.25) is 0 Å². The third-order valence-corrected chi connectivity index (χ3v) is 5.89. The van der Waals surface area contributed by atoms with Crippen molar-refractivity contribution in [3.63, 3.8) is 0 Å². The molecule has 3 heterocycles. The number of imidazole rings is 1. The fraction of sp³-hybridized carbons (Fsp3) is 0.348. The summed E-state index contributed by atoms with van der Waals surface area (Å²) in [4.78, 5) is 16.1. The molecule has 0 bridgehead atoms. The Morgan fingerprint density at radius 3 is 2.38 bits per heavy atom. The van der Waals surface area contributed by atoms with Crippen molar-refractivity contribution in [1.29, 1.82) is 10.5 Å². The minimum atomic E-state index is -0.0136. The van der Waals surface area contributed by atoms with E-state index in [1.807, 2.05) is 52.6 Å². The lowest BCUT2D eigenvalue weighted by Crippen LogP contribution is -2.25. The van der Waals surface area contributed by atoms with Crippen LogP contribution in [0.3, 0.4) is 0 Å². The van der Waals surface area contributed by atoms with E-state index in [1.165, 1.54) is 0 Å². The van der Waals surface area contributed by atoms with Gasteiger partial charge in [-0.05, 0) is 38.2 Å². The molecule has 0 aliphatic heterocycles. The van der Waals surface area contributed by atoms with E-state index in [4.69, 9.17) is 10.7 Å². The molecule has 2 N–H and O–H groups in total. The zero-order chi connectivity index (χ0) is 22.8. The van der Waals surface area contributed by atoms with E-state index in [0.717, 1.165) is 37.1 Å². The van der Waals surface area contributed by atoms with E-state index in [9.17, 15) is 10.5 Å². The molecule has 0 amide bonds. The molecule has 4 aromatic rings. The van der Waals surface area contributed by atoms with Crippen molar-refractivity contribution in [2.75, 3.05) is 25.4 Å². The second-order valence-electron chi connectivity index (χ2n) is 7.59. The molecule has 0 unspecified atom stereocenters. The highest BCUT2D eigenvalue weighted by Crippen LogP contribution is 2.36. The van der Waals surface area contributed by atoms with Crippen LogP contribution in [-0.4, -0.2) is 48.6 Å². The van der Waals surface area contributed by atoms with Crippen LogP contribution in [-0.2, 0) is 13.6 Å². The Bertz CT molecular complexity index is 1380. The highest BCUT2D eigenvalue weighted by molar-refractivity contribution is 5.99. The number of aromatic nitrogens is 5. The second-order valence-corrected chi connectivity index (χ2v) is 7.59. The van der Waals surface area contributed by atoms with E-state index in [2.05, 4.69) is 28.7 Å². The lowest BCUT2D eigenvalue weighted by atomic mass is 10.2. The van der Waals surface area contributed by atoms with Gasteiger partial charge in [0.05, 0.1) is 16.6 Å². The second kappa shape index (κ2) is 8.66. The number of para-hydroxylation sites is 2. The monoisotopic (exact) mass is 427 g/mol. The van der Waals surface area contributed by atoms with E-state index < -0.39 is 0 Å². The van der Waals surface area contributed by atoms with Gasteiger partial charge >= 0.3 is 0 Å². The molecule has 3 aromatic heterocycles. The van der Waals surface area contributed by atoms with Crippen LogP contribution >= 0.6 is 0 Å². The van der Waals surface area contributed by atoms with Crippen LogP contribution in [0, 0.1) is 22.7 Å². The van der Waals surface area contributed by atoms with Crippen molar-refractivity contribution < 1.29 is 0 Å². The smallest absolute Gasteiger partial charge is 0.179 e. The number of fused-ring (bicyclic) bond motifs is 2. The Hall–Kier alpha value is -3.95. The number of aryl methyl sites for hydroxylation is 2. The molecular formula is C23H25N9. The summed E-state index contributed by atoms with van der Waals surface area (Å²) in [6, 6.07) is 11.8. The van der Waals surface area contributed by atoms with Gasteiger partial charge in [0.1, 0.15) is 29.3 Å². The summed E-state index contributed by atoms with van der Waals surface area (Å²) in [6.45, 7) is 7.78. The number of hydrogen-bond acceptors (Lipinski definition) is 7. The van der Waals surface area contributed by atoms with Gasteiger partial charge in [-0.1, -0.05) is 26.0 Å². The molecule has 1 aromatic carbocycles. The quantitative estimate of drug-likeness (QED) is 0.480. The van der Waals surface area contributed by atoms with E-state index in [0.29, 0.717) is 34.9 Å². The zero-order valence-electron chi connectivity index (χ0n) is 18.5. The first-order valence-electron chi connectivity index (χ1n) is 10.7. The summed E-state index contributed by atoms with van der Waals surface area (Å²) in [7, 11) is 1.93. The van der Waals surface area contributed by atoms with Gasteiger partial charge in [0.15, 0.2) is 17.0 Å². The summed E-state index contributed by atoms with van der Waals surface area (Å²) in [5, 5.41) is 19.0. The largest absolute Gasteiger partial charge is 0.384 e. The normalized spacial score (nSPS) is 11.3. The Labute approximate surface area is 186 Å². The molecule has 0 atom stereocenters. The molecular weight excluding hydrogens is 402 g/mol. The minimum absolute atomic E-state index is 0.000885. The van der Waals surface area contributed by atoms with Gasteiger partial charge in [0.25, 0.3) is 0 Å². The van der Waals surface area contributed by atoms with Crippen LogP contribution in [0.5, 0.6) is 0 Å². The molecule has 9 heteroatoms. The Balaban J connectivity index is 1.92. The minimum Gasteiger partial charge on any atom is -0.384 e. The number of hydrogen-bond donors (Lipinski definition) is 1. The maximum absolute atomic E-state index is 9.50. The average molecular weight is 428 g/mol. The van der Waals surface area contributed by atoms with Crippen LogP contribution in [0.1, 0.15) is 31.7 Å². The summed E-state index contributed by atoms with van der Waals surface area (Å²) in [5.74, 6) is 1.14. The van der Waals surface area contributed by atoms with Gasteiger partial charge < -0.3 is 19.8 Å². The summed E-state index contributed by atoms with van der Waals surface area (Å²) < 4.78 is 3.86. The SMILES string of the molecule is CCN(CC)CCCn1c(N)c(-c2nc3ccccc3n2C)c2nc(C#N)c(C#N)nc21. The number of anilines is 1. The molecule has 162 valence electrons. The van der Waals surface area contributed by atoms with Crippen LogP contribution in [0.25, 0.3) is 33.6 Å². The lowest BCUT2D eigenvalue weighted by molar-refractivity contribution is 0.294. The maximum atomic E-state index is 9.50. The van der Waals surface area contributed by atoms with Crippen LogP contribution in [0.2, 0.25) is 0 Å². The number of benzene rings is 1. The zero-order valence-corrected chi connectivity index (χ0v) is 18.5. The molecule has 0 spiro atoms. The Kier molecular flexibility index (Phi) is 5.76. The van der Waals surface area contributed by atoms with E-state index in [1.54, 1.807) is 0 Å². The molecule has 0 fully saturated rings. The first kappa shape index (κ1) is 21.3. The van der Waals surface area contributed by atoms with Gasteiger partial charge in [0, 0.05) is 13.6 Å². The molecule has 0 saturated carbocycles. The summed E-state index contributed by atoms with van der Waals surface area (Å²) in [6.07, 6.45) is 0.862. The Morgan fingerprint density at radius 1 is 1.03 bits per heavy atom. The van der Waals surface area contributed by atoms with Crippen molar-refractivity contribution in [3.05, 3.63) is 35.7 Å². The van der Waals surface area contributed by atoms with Crippen LogP contribution < -0.4 is 5.73 Å². The van der Waals surface area contributed by atoms with Gasteiger partial charge in [-0.25, -0.2) is 15.0 Å². The number of nitrogens with two attached hydrogens (primary N) is 1. The third-order valence-electron chi connectivity index (χ3n) is 5.89. The van der Waals surface area contributed by atoms with Crippen molar-refractivity contribution in [3.8, 4) is 23.5 Å². The fourth-order valence-corrected chi connectivity index (χ4v) is 4.12. The van der Waals surface area contributed by atoms with E-state index >= 15 is 0 Å². The predicted molar refractivity (Wildman–Crippen MR) is 123 cm³/mol. The first-order chi connectivity index (χ1) is 15.5. The van der Waals surface area contributed by atoms with Crippen molar-refractivity contribution in [2.45, 2.75) is 26.8 Å². The number of rotatable bonds is 7. The number of nitrogens with zero attached hydrogens (tertiary/aromatic N) is 8. The average Bonchev–Trinajstić information content (AvgIpc) is 3.28. The highest BCUT2D eigenvalue weighted by atomic mass is 15.2. The third kappa shape index (κ3) is 3.43. The number of nitrogen functional groups attached to an aromatic ring is 1. The van der Waals surface area contributed by atoms with Crippen molar-refractivity contribution in [2.24, 2.45) is 7.05 Å². The Morgan fingerprint density at radius 2 is 1.72 bits per heavy atom. The molecule has 4 rings (SSSR count). The van der Waals surface area contributed by atoms with Gasteiger partial charge in [0.2, 0.25) is 0 Å². The standard InChI is InChI=1S/C23H25N9/c1-4-31(5-2)11-8-12-32-21(26)19(20-23(32)29-17(14-25)16(13-24)27-20)22-28-15-9-6-7-10-18(15)30(22)3/h6-7,9-10H,4-5,8,11-12,26H2,1-3H3. The molecule has 0 aliphatic carbocycles. The van der Waals surface area contributed by atoms with Gasteiger partial charge in [-0.15, -0.1) is 0 Å². The molecule has 0 saturated heterocycles. The topological polar surface area (TPSA) is 125 Å². The number of nitriles is 2. The van der Waals surface area contributed by atoms with Crippen molar-refractivity contribution >= 4 is 28.0 Å². The van der Waals surface area contributed by atoms with Gasteiger partial charge in [-0.2, -0.15) is 10.5 Å². The fourth-order valence-electron chi connectivity index (χ4n) is 4.12. The molecule has 0 radical (unpaired) electrons. The molecule has 0 aliphatic rings.